The standard InChI is InChI=1S/C20H32N2O2/c1-3-4-5-6-7-8-9-10-15-21-19(23)20(24)22-16-18-13-11-17(2)12-14-18/h11-14H,3-10,15-16H2,1-2H3,(H,21,23)(H,22,24). The number of benzene rings is 1. The lowest BCUT2D eigenvalue weighted by molar-refractivity contribution is -0.139. The molecule has 0 atom stereocenters. The molecule has 0 aromatic heterocycles. The molecule has 0 radical (unpaired) electrons. The minimum atomic E-state index is -0.560. The van der Waals surface area contributed by atoms with Crippen LogP contribution >= 0.6 is 0 Å². The summed E-state index contributed by atoms with van der Waals surface area (Å²) in [6.07, 6.45) is 9.76. The molecule has 0 unspecified atom stereocenters. The topological polar surface area (TPSA) is 58.2 Å². The summed E-state index contributed by atoms with van der Waals surface area (Å²) in [6, 6.07) is 7.88. The van der Waals surface area contributed by atoms with Gasteiger partial charge in [-0.25, -0.2) is 0 Å². The molecule has 4 nitrogen and oxygen atoms in total. The van der Waals surface area contributed by atoms with Crippen molar-refractivity contribution < 1.29 is 9.59 Å². The van der Waals surface area contributed by atoms with E-state index in [4.69, 9.17) is 0 Å². The largest absolute Gasteiger partial charge is 0.348 e. The molecule has 1 rings (SSSR count). The van der Waals surface area contributed by atoms with Crippen LogP contribution in [0.5, 0.6) is 0 Å². The van der Waals surface area contributed by atoms with Gasteiger partial charge in [0.05, 0.1) is 0 Å². The zero-order chi connectivity index (χ0) is 17.6. The summed E-state index contributed by atoms with van der Waals surface area (Å²) in [5, 5.41) is 5.34. The second-order valence-corrected chi connectivity index (χ2v) is 6.40. The van der Waals surface area contributed by atoms with Crippen molar-refractivity contribution >= 4 is 11.8 Å². The Balaban J connectivity index is 2.03. The lowest BCUT2D eigenvalue weighted by Gasteiger charge is -2.07. The predicted molar refractivity (Wildman–Crippen MR) is 98.6 cm³/mol. The van der Waals surface area contributed by atoms with Crippen molar-refractivity contribution in [1.82, 2.24) is 10.6 Å². The SMILES string of the molecule is CCCCCCCCCCNC(=O)C(=O)NCc1ccc(C)cc1. The van der Waals surface area contributed by atoms with E-state index in [1.807, 2.05) is 31.2 Å². The van der Waals surface area contributed by atoms with Gasteiger partial charge in [-0.3, -0.25) is 9.59 Å². The van der Waals surface area contributed by atoms with Crippen molar-refractivity contribution in [3.8, 4) is 0 Å². The molecule has 4 heteroatoms. The fourth-order valence-corrected chi connectivity index (χ4v) is 2.51. The normalized spacial score (nSPS) is 10.4. The Kier molecular flexibility index (Phi) is 10.6. The molecule has 134 valence electrons. The smallest absolute Gasteiger partial charge is 0.309 e. The number of carbonyl (C=O) groups is 2. The molecule has 0 aliphatic rings. The highest BCUT2D eigenvalue weighted by molar-refractivity contribution is 6.35. The molecular weight excluding hydrogens is 300 g/mol. The first-order chi connectivity index (χ1) is 11.6. The van der Waals surface area contributed by atoms with Gasteiger partial charge in [-0.1, -0.05) is 81.7 Å². The molecule has 1 aromatic rings. The quantitative estimate of drug-likeness (QED) is 0.477. The number of carbonyl (C=O) groups excluding carboxylic acids is 2. The van der Waals surface area contributed by atoms with E-state index in [1.165, 1.54) is 44.1 Å². The fraction of sp³-hybridized carbons (Fsp3) is 0.600. The Hall–Kier alpha value is -1.84. The molecule has 0 aliphatic heterocycles. The van der Waals surface area contributed by atoms with Crippen molar-refractivity contribution in [2.75, 3.05) is 6.54 Å². The van der Waals surface area contributed by atoms with Gasteiger partial charge in [0.25, 0.3) is 0 Å². The summed E-state index contributed by atoms with van der Waals surface area (Å²) in [6.45, 7) is 5.19. The second-order valence-electron chi connectivity index (χ2n) is 6.40. The van der Waals surface area contributed by atoms with Gasteiger partial charge in [-0.2, -0.15) is 0 Å². The van der Waals surface area contributed by atoms with E-state index >= 15 is 0 Å². The Labute approximate surface area is 146 Å². The summed E-state index contributed by atoms with van der Waals surface area (Å²) in [4.78, 5) is 23.4. The van der Waals surface area contributed by atoms with Crippen LogP contribution in [0, 0.1) is 6.92 Å². The third-order valence-electron chi connectivity index (χ3n) is 4.10. The second kappa shape index (κ2) is 12.6. The van der Waals surface area contributed by atoms with Crippen molar-refractivity contribution in [2.45, 2.75) is 71.8 Å². The van der Waals surface area contributed by atoms with Gasteiger partial charge >= 0.3 is 11.8 Å². The molecule has 0 fully saturated rings. The minimum absolute atomic E-state index is 0.379. The number of nitrogens with one attached hydrogen (secondary N) is 2. The van der Waals surface area contributed by atoms with Crippen LogP contribution in [0.4, 0.5) is 0 Å². The van der Waals surface area contributed by atoms with E-state index in [2.05, 4.69) is 17.6 Å². The Morgan fingerprint density at radius 3 is 1.96 bits per heavy atom. The molecule has 0 aliphatic carbocycles. The summed E-state index contributed by atoms with van der Waals surface area (Å²) in [5.74, 6) is -1.10. The minimum Gasteiger partial charge on any atom is -0.348 e. The summed E-state index contributed by atoms with van der Waals surface area (Å²) < 4.78 is 0. The molecule has 1 aromatic carbocycles. The highest BCUT2D eigenvalue weighted by atomic mass is 16.2. The van der Waals surface area contributed by atoms with E-state index in [-0.39, 0.29) is 0 Å². The Bertz CT molecular complexity index is 483. The molecule has 0 spiro atoms. The molecule has 0 saturated heterocycles. The Morgan fingerprint density at radius 2 is 1.33 bits per heavy atom. The molecule has 24 heavy (non-hydrogen) atoms. The van der Waals surface area contributed by atoms with Crippen molar-refractivity contribution in [3.05, 3.63) is 35.4 Å². The van der Waals surface area contributed by atoms with Crippen LogP contribution in [-0.4, -0.2) is 18.4 Å². The van der Waals surface area contributed by atoms with Crippen LogP contribution in [0.3, 0.4) is 0 Å². The summed E-state index contributed by atoms with van der Waals surface area (Å²) in [5.41, 5.74) is 2.16. The number of rotatable bonds is 11. The average Bonchev–Trinajstić information content (AvgIpc) is 2.59. The van der Waals surface area contributed by atoms with Crippen LogP contribution in [-0.2, 0) is 16.1 Å². The van der Waals surface area contributed by atoms with Gasteiger partial charge in [-0.05, 0) is 18.9 Å². The van der Waals surface area contributed by atoms with Gasteiger partial charge in [0, 0.05) is 13.1 Å². The van der Waals surface area contributed by atoms with E-state index in [0.29, 0.717) is 13.1 Å². The highest BCUT2D eigenvalue weighted by Gasteiger charge is 2.11. The van der Waals surface area contributed by atoms with Gasteiger partial charge in [0.1, 0.15) is 0 Å². The van der Waals surface area contributed by atoms with E-state index in [1.54, 1.807) is 0 Å². The van der Waals surface area contributed by atoms with Gasteiger partial charge < -0.3 is 10.6 Å². The van der Waals surface area contributed by atoms with E-state index in [0.717, 1.165) is 18.4 Å². The van der Waals surface area contributed by atoms with E-state index < -0.39 is 11.8 Å². The third kappa shape index (κ3) is 9.33. The van der Waals surface area contributed by atoms with Crippen molar-refractivity contribution in [2.24, 2.45) is 0 Å². The monoisotopic (exact) mass is 332 g/mol. The van der Waals surface area contributed by atoms with E-state index in [9.17, 15) is 9.59 Å². The molecular formula is C20H32N2O2. The third-order valence-corrected chi connectivity index (χ3v) is 4.10. The van der Waals surface area contributed by atoms with Crippen LogP contribution in [0.15, 0.2) is 24.3 Å². The van der Waals surface area contributed by atoms with Crippen LogP contribution in [0.1, 0.15) is 69.4 Å². The van der Waals surface area contributed by atoms with Gasteiger partial charge in [0.2, 0.25) is 0 Å². The number of unbranched alkanes of at least 4 members (excludes halogenated alkanes) is 7. The van der Waals surface area contributed by atoms with Crippen LogP contribution < -0.4 is 10.6 Å². The molecule has 0 heterocycles. The molecule has 2 amide bonds. The predicted octanol–water partition coefficient (Wildman–Crippen LogP) is 3.87. The summed E-state index contributed by atoms with van der Waals surface area (Å²) in [7, 11) is 0. The maximum atomic E-state index is 11.7. The maximum Gasteiger partial charge on any atom is 0.309 e. The first-order valence-corrected chi connectivity index (χ1v) is 9.25. The van der Waals surface area contributed by atoms with Gasteiger partial charge in [-0.15, -0.1) is 0 Å². The number of hydrogen-bond acceptors (Lipinski definition) is 2. The van der Waals surface area contributed by atoms with Crippen LogP contribution in [0.25, 0.3) is 0 Å². The van der Waals surface area contributed by atoms with Crippen molar-refractivity contribution in [1.29, 1.82) is 0 Å². The maximum absolute atomic E-state index is 11.7. The Morgan fingerprint density at radius 1 is 0.792 bits per heavy atom. The summed E-state index contributed by atoms with van der Waals surface area (Å²) >= 11 is 0. The first kappa shape index (κ1) is 20.2. The zero-order valence-corrected chi connectivity index (χ0v) is 15.2. The fourth-order valence-electron chi connectivity index (χ4n) is 2.51. The molecule has 0 bridgehead atoms. The molecule has 0 saturated carbocycles. The van der Waals surface area contributed by atoms with Gasteiger partial charge in [0.15, 0.2) is 0 Å². The zero-order valence-electron chi connectivity index (χ0n) is 15.2. The van der Waals surface area contributed by atoms with Crippen LogP contribution in [0.2, 0.25) is 0 Å². The average molecular weight is 332 g/mol. The lowest BCUT2D eigenvalue weighted by atomic mass is 10.1. The number of hydrogen-bond donors (Lipinski definition) is 2. The lowest BCUT2D eigenvalue weighted by Crippen LogP contribution is -2.39. The number of amides is 2. The molecule has 2 N–H and O–H groups in total. The number of aryl methyl sites for hydroxylation is 1. The first-order valence-electron chi connectivity index (χ1n) is 9.25. The van der Waals surface area contributed by atoms with Crippen molar-refractivity contribution in [3.63, 3.8) is 0 Å². The highest BCUT2D eigenvalue weighted by Crippen LogP contribution is 2.07.